The van der Waals surface area contributed by atoms with Crippen LogP contribution in [0.4, 0.5) is 5.13 Å². The predicted octanol–water partition coefficient (Wildman–Crippen LogP) is 2.41. The molecule has 144 valence electrons. The highest BCUT2D eigenvalue weighted by molar-refractivity contribution is 7.14. The van der Waals surface area contributed by atoms with Gasteiger partial charge in [0.1, 0.15) is 5.76 Å². The van der Waals surface area contributed by atoms with Crippen LogP contribution in [0.2, 0.25) is 0 Å². The number of carboxylic acids is 1. The van der Waals surface area contributed by atoms with E-state index < -0.39 is 11.9 Å². The van der Waals surface area contributed by atoms with Crippen LogP contribution < -0.4 is 5.32 Å². The number of likely N-dealkylation sites (tertiary alicyclic amines) is 1. The summed E-state index contributed by atoms with van der Waals surface area (Å²) in [6, 6.07) is 1.58. The van der Waals surface area contributed by atoms with Crippen molar-refractivity contribution in [3.63, 3.8) is 0 Å². The molecule has 0 bridgehead atoms. The first-order valence-electron chi connectivity index (χ1n) is 8.64. The lowest BCUT2D eigenvalue weighted by Gasteiger charge is -2.34. The van der Waals surface area contributed by atoms with Gasteiger partial charge in [-0.15, -0.1) is 11.3 Å². The molecule has 2 aromatic heterocycles. The highest BCUT2D eigenvalue weighted by Crippen LogP contribution is 2.23. The SMILES string of the molecule is Cc1occc1C(=O)Nc1nc(CC(=O)N2CC(C)CC(C(=O)O)C2)cs1. The van der Waals surface area contributed by atoms with Gasteiger partial charge in [0.25, 0.3) is 5.91 Å². The Morgan fingerprint density at radius 1 is 1.41 bits per heavy atom. The summed E-state index contributed by atoms with van der Waals surface area (Å²) in [6.45, 7) is 4.43. The standard InChI is InChI=1S/C18H21N3O5S/c1-10-5-12(17(24)25)8-21(7-10)15(22)6-13-9-27-18(19-13)20-16(23)14-3-4-26-11(14)2/h3-4,9-10,12H,5-8H2,1-2H3,(H,24,25)(H,19,20,23). The molecule has 9 heteroatoms. The van der Waals surface area contributed by atoms with Gasteiger partial charge in [0.2, 0.25) is 5.91 Å². The van der Waals surface area contributed by atoms with Crippen LogP contribution in [-0.4, -0.2) is 45.9 Å². The summed E-state index contributed by atoms with van der Waals surface area (Å²) in [5, 5.41) is 14.0. The van der Waals surface area contributed by atoms with Crippen molar-refractivity contribution in [2.45, 2.75) is 26.7 Å². The molecule has 1 saturated heterocycles. The molecule has 8 nitrogen and oxygen atoms in total. The summed E-state index contributed by atoms with van der Waals surface area (Å²) >= 11 is 1.24. The molecule has 0 aliphatic carbocycles. The molecule has 1 aliphatic rings. The van der Waals surface area contributed by atoms with Gasteiger partial charge in [0.15, 0.2) is 5.13 Å². The van der Waals surface area contributed by atoms with E-state index in [-0.39, 0.29) is 30.7 Å². The zero-order chi connectivity index (χ0) is 19.6. The highest BCUT2D eigenvalue weighted by atomic mass is 32.1. The zero-order valence-corrected chi connectivity index (χ0v) is 15.9. The van der Waals surface area contributed by atoms with E-state index in [2.05, 4.69) is 10.3 Å². The number of hydrogen-bond acceptors (Lipinski definition) is 6. The first kappa shape index (κ1) is 19.1. The second kappa shape index (κ2) is 7.91. The Labute approximate surface area is 160 Å². The molecule has 0 aromatic carbocycles. The summed E-state index contributed by atoms with van der Waals surface area (Å²) in [5.41, 5.74) is 0.985. The third-order valence-corrected chi connectivity index (χ3v) is 5.38. The van der Waals surface area contributed by atoms with Gasteiger partial charge in [-0.25, -0.2) is 4.98 Å². The lowest BCUT2D eigenvalue weighted by molar-refractivity contribution is -0.146. The zero-order valence-electron chi connectivity index (χ0n) is 15.1. The number of nitrogens with one attached hydrogen (secondary N) is 1. The molecule has 3 rings (SSSR count). The van der Waals surface area contributed by atoms with Crippen molar-refractivity contribution in [3.8, 4) is 0 Å². The molecule has 2 unspecified atom stereocenters. The number of carbonyl (C=O) groups is 3. The molecule has 3 heterocycles. The Kier molecular flexibility index (Phi) is 5.59. The van der Waals surface area contributed by atoms with E-state index >= 15 is 0 Å². The van der Waals surface area contributed by atoms with Gasteiger partial charge < -0.3 is 14.4 Å². The van der Waals surface area contributed by atoms with Crippen molar-refractivity contribution in [1.82, 2.24) is 9.88 Å². The minimum atomic E-state index is -0.868. The van der Waals surface area contributed by atoms with Crippen molar-refractivity contribution in [2.24, 2.45) is 11.8 Å². The number of amides is 2. The molecule has 1 fully saturated rings. The molecule has 0 radical (unpaired) electrons. The van der Waals surface area contributed by atoms with E-state index in [1.54, 1.807) is 23.3 Å². The topological polar surface area (TPSA) is 113 Å². The minimum absolute atomic E-state index is 0.0795. The first-order valence-corrected chi connectivity index (χ1v) is 9.52. The van der Waals surface area contributed by atoms with Crippen LogP contribution >= 0.6 is 11.3 Å². The van der Waals surface area contributed by atoms with Crippen LogP contribution in [0.5, 0.6) is 0 Å². The van der Waals surface area contributed by atoms with Crippen LogP contribution in [0.25, 0.3) is 0 Å². The Bertz CT molecular complexity index is 859. The average Bonchev–Trinajstić information content (AvgIpc) is 3.23. The number of carboxylic acid groups (broad SMARTS) is 1. The maximum atomic E-state index is 12.5. The van der Waals surface area contributed by atoms with Gasteiger partial charge in [-0.3, -0.25) is 19.7 Å². The van der Waals surface area contributed by atoms with Crippen molar-refractivity contribution >= 4 is 34.3 Å². The normalized spacial score (nSPS) is 19.7. The van der Waals surface area contributed by atoms with Gasteiger partial charge in [-0.1, -0.05) is 6.92 Å². The fourth-order valence-electron chi connectivity index (χ4n) is 3.23. The number of anilines is 1. The van der Waals surface area contributed by atoms with Crippen molar-refractivity contribution < 1.29 is 23.9 Å². The third-order valence-electron chi connectivity index (χ3n) is 4.57. The number of furan rings is 1. The molecule has 0 spiro atoms. The van der Waals surface area contributed by atoms with Gasteiger partial charge >= 0.3 is 5.97 Å². The Hall–Kier alpha value is -2.68. The molecule has 27 heavy (non-hydrogen) atoms. The quantitative estimate of drug-likeness (QED) is 0.809. The molecular formula is C18H21N3O5S. The molecular weight excluding hydrogens is 370 g/mol. The number of piperidine rings is 1. The second-order valence-electron chi connectivity index (χ2n) is 6.84. The number of hydrogen-bond donors (Lipinski definition) is 2. The van der Waals surface area contributed by atoms with Crippen LogP contribution in [0.3, 0.4) is 0 Å². The molecule has 2 atom stereocenters. The summed E-state index contributed by atoms with van der Waals surface area (Å²) in [4.78, 5) is 41.9. The van der Waals surface area contributed by atoms with E-state index in [1.807, 2.05) is 6.92 Å². The number of aliphatic carboxylic acids is 1. The van der Waals surface area contributed by atoms with Crippen LogP contribution in [0, 0.1) is 18.8 Å². The third kappa shape index (κ3) is 4.54. The van der Waals surface area contributed by atoms with Gasteiger partial charge in [0, 0.05) is 18.5 Å². The number of nitrogens with zero attached hydrogens (tertiary/aromatic N) is 2. The second-order valence-corrected chi connectivity index (χ2v) is 7.70. The number of rotatable bonds is 5. The fraction of sp³-hybridized carbons (Fsp3) is 0.444. The Morgan fingerprint density at radius 2 is 2.19 bits per heavy atom. The van der Waals surface area contributed by atoms with E-state index in [0.29, 0.717) is 35.1 Å². The van der Waals surface area contributed by atoms with E-state index in [9.17, 15) is 19.5 Å². The first-order chi connectivity index (χ1) is 12.8. The van der Waals surface area contributed by atoms with Crippen LogP contribution in [-0.2, 0) is 16.0 Å². The fourth-order valence-corrected chi connectivity index (χ4v) is 3.94. The Morgan fingerprint density at radius 3 is 2.85 bits per heavy atom. The maximum absolute atomic E-state index is 12.5. The molecule has 2 amide bonds. The lowest BCUT2D eigenvalue weighted by atomic mass is 9.90. The number of aromatic nitrogens is 1. The monoisotopic (exact) mass is 391 g/mol. The number of thiazole rings is 1. The van der Waals surface area contributed by atoms with Gasteiger partial charge in [-0.05, 0) is 25.3 Å². The van der Waals surface area contributed by atoms with Gasteiger partial charge in [-0.2, -0.15) is 0 Å². The number of carbonyl (C=O) groups excluding carboxylic acids is 2. The average molecular weight is 391 g/mol. The van der Waals surface area contributed by atoms with Crippen LogP contribution in [0.15, 0.2) is 22.1 Å². The molecule has 2 aromatic rings. The summed E-state index contributed by atoms with van der Waals surface area (Å²) < 4.78 is 5.11. The molecule has 2 N–H and O–H groups in total. The van der Waals surface area contributed by atoms with E-state index in [1.165, 1.54) is 17.6 Å². The maximum Gasteiger partial charge on any atom is 0.308 e. The molecule has 0 saturated carbocycles. The van der Waals surface area contributed by atoms with Crippen LogP contribution in [0.1, 0.15) is 35.2 Å². The highest BCUT2D eigenvalue weighted by Gasteiger charge is 2.32. The number of aryl methyl sites for hydroxylation is 1. The largest absolute Gasteiger partial charge is 0.481 e. The lowest BCUT2D eigenvalue weighted by Crippen LogP contribution is -2.46. The summed E-state index contributed by atoms with van der Waals surface area (Å²) in [7, 11) is 0. The van der Waals surface area contributed by atoms with Crippen molar-refractivity contribution in [3.05, 3.63) is 34.7 Å². The Balaban J connectivity index is 1.60. The van der Waals surface area contributed by atoms with E-state index in [0.717, 1.165) is 0 Å². The molecule has 1 aliphatic heterocycles. The van der Waals surface area contributed by atoms with Crippen molar-refractivity contribution in [1.29, 1.82) is 0 Å². The van der Waals surface area contributed by atoms with Crippen molar-refractivity contribution in [2.75, 3.05) is 18.4 Å². The predicted molar refractivity (Wildman–Crippen MR) is 98.7 cm³/mol. The smallest absolute Gasteiger partial charge is 0.308 e. The summed E-state index contributed by atoms with van der Waals surface area (Å²) in [6.07, 6.45) is 2.11. The van der Waals surface area contributed by atoms with Gasteiger partial charge in [0.05, 0.1) is 29.9 Å². The van der Waals surface area contributed by atoms with E-state index in [4.69, 9.17) is 4.42 Å². The summed E-state index contributed by atoms with van der Waals surface area (Å²) in [5.74, 6) is -1.20. The minimum Gasteiger partial charge on any atom is -0.481 e.